The summed E-state index contributed by atoms with van der Waals surface area (Å²) < 4.78 is 31.3. The first-order chi connectivity index (χ1) is 15.2. The number of hydrogen-bond donors (Lipinski definition) is 0. The van der Waals surface area contributed by atoms with E-state index in [2.05, 4.69) is 0 Å². The van der Waals surface area contributed by atoms with E-state index in [0.29, 0.717) is 45.4 Å². The fourth-order valence-corrected chi connectivity index (χ4v) is 5.16. The molecule has 2 amide bonds. The van der Waals surface area contributed by atoms with Gasteiger partial charge in [0.05, 0.1) is 12.3 Å². The Kier molecular flexibility index (Phi) is 10.1. The molecule has 0 unspecified atom stereocenters. The van der Waals surface area contributed by atoms with E-state index in [0.717, 1.165) is 11.1 Å². The summed E-state index contributed by atoms with van der Waals surface area (Å²) in [5.41, 5.74) is 2.13. The summed E-state index contributed by atoms with van der Waals surface area (Å²) in [5.74, 6) is -0.274. The molecule has 0 N–H and O–H groups in total. The van der Waals surface area contributed by atoms with E-state index in [1.165, 1.54) is 11.4 Å². The maximum Gasteiger partial charge on any atom is 0.248 e. The number of aryl methyl sites for hydroxylation is 1. The van der Waals surface area contributed by atoms with Crippen molar-refractivity contribution in [2.45, 2.75) is 52.6 Å². The molecule has 9 heteroatoms. The molecule has 0 bridgehead atoms. The normalized spacial score (nSPS) is 15.2. The standard InChI is InChI=1S/C23H37N3O5S/c1-5-13-25(32(29,30)6-2)17-22(27)26(16-20-10-8-7-9-19(20)3)21-11-14-24(15-12-21)23(28)18-31-4/h7-10,21H,5-6,11-18H2,1-4H3. The van der Waals surface area contributed by atoms with Crippen molar-refractivity contribution in [3.8, 4) is 0 Å². The topological polar surface area (TPSA) is 87.2 Å². The Hall–Kier alpha value is -1.97. The van der Waals surface area contributed by atoms with Crippen LogP contribution in [0.3, 0.4) is 0 Å². The number of carbonyl (C=O) groups is 2. The van der Waals surface area contributed by atoms with Crippen LogP contribution in [0.4, 0.5) is 0 Å². The first kappa shape index (κ1) is 26.3. The van der Waals surface area contributed by atoms with Gasteiger partial charge in [0, 0.05) is 39.3 Å². The summed E-state index contributed by atoms with van der Waals surface area (Å²) >= 11 is 0. The Balaban J connectivity index is 2.22. The van der Waals surface area contributed by atoms with Gasteiger partial charge in [-0.15, -0.1) is 0 Å². The van der Waals surface area contributed by atoms with Crippen molar-refractivity contribution in [2.24, 2.45) is 0 Å². The van der Waals surface area contributed by atoms with Gasteiger partial charge in [-0.1, -0.05) is 31.2 Å². The van der Waals surface area contributed by atoms with Crippen molar-refractivity contribution in [1.82, 2.24) is 14.1 Å². The van der Waals surface area contributed by atoms with Crippen LogP contribution in [0.2, 0.25) is 0 Å². The average Bonchev–Trinajstić information content (AvgIpc) is 2.78. The Labute approximate surface area is 192 Å². The summed E-state index contributed by atoms with van der Waals surface area (Å²) in [7, 11) is -1.97. The summed E-state index contributed by atoms with van der Waals surface area (Å²) in [6.45, 7) is 7.26. The van der Waals surface area contributed by atoms with E-state index in [4.69, 9.17) is 4.74 Å². The molecule has 1 aromatic rings. The van der Waals surface area contributed by atoms with Crippen LogP contribution in [0, 0.1) is 6.92 Å². The highest BCUT2D eigenvalue weighted by molar-refractivity contribution is 7.89. The predicted octanol–water partition coefficient (Wildman–Crippen LogP) is 2.02. The van der Waals surface area contributed by atoms with Crippen molar-refractivity contribution >= 4 is 21.8 Å². The zero-order valence-corrected chi connectivity index (χ0v) is 20.6. The smallest absolute Gasteiger partial charge is 0.248 e. The van der Waals surface area contributed by atoms with Crippen molar-refractivity contribution in [1.29, 1.82) is 0 Å². The number of nitrogens with zero attached hydrogens (tertiary/aromatic N) is 3. The molecular weight excluding hydrogens is 430 g/mol. The number of piperidine rings is 1. The van der Waals surface area contributed by atoms with Gasteiger partial charge >= 0.3 is 0 Å². The Morgan fingerprint density at radius 1 is 1.16 bits per heavy atom. The lowest BCUT2D eigenvalue weighted by molar-refractivity contribution is -0.139. The van der Waals surface area contributed by atoms with Crippen LogP contribution in [0.5, 0.6) is 0 Å². The first-order valence-electron chi connectivity index (χ1n) is 11.3. The zero-order valence-electron chi connectivity index (χ0n) is 19.7. The molecule has 0 aliphatic carbocycles. The molecule has 1 aliphatic heterocycles. The van der Waals surface area contributed by atoms with Gasteiger partial charge in [-0.25, -0.2) is 8.42 Å². The van der Waals surface area contributed by atoms with Crippen molar-refractivity contribution in [2.75, 3.05) is 45.6 Å². The molecule has 32 heavy (non-hydrogen) atoms. The Morgan fingerprint density at radius 3 is 2.38 bits per heavy atom. The fraction of sp³-hybridized carbons (Fsp3) is 0.652. The number of amides is 2. The molecule has 0 radical (unpaired) electrons. The number of ether oxygens (including phenoxy) is 1. The van der Waals surface area contributed by atoms with Gasteiger partial charge in [-0.05, 0) is 44.2 Å². The van der Waals surface area contributed by atoms with Crippen molar-refractivity contribution in [3.05, 3.63) is 35.4 Å². The molecule has 0 aromatic heterocycles. The molecule has 1 heterocycles. The van der Waals surface area contributed by atoms with Crippen LogP contribution in [-0.4, -0.2) is 86.0 Å². The van der Waals surface area contributed by atoms with Gasteiger partial charge in [-0.2, -0.15) is 4.31 Å². The molecule has 1 aliphatic rings. The van der Waals surface area contributed by atoms with E-state index >= 15 is 0 Å². The fourth-order valence-electron chi connectivity index (χ4n) is 4.02. The van der Waals surface area contributed by atoms with Crippen LogP contribution in [0.15, 0.2) is 24.3 Å². The lowest BCUT2D eigenvalue weighted by Gasteiger charge is -2.39. The van der Waals surface area contributed by atoms with E-state index in [1.54, 1.807) is 11.8 Å². The molecule has 0 saturated carbocycles. The molecule has 8 nitrogen and oxygen atoms in total. The van der Waals surface area contributed by atoms with Crippen LogP contribution in [-0.2, 0) is 30.9 Å². The number of carbonyl (C=O) groups excluding carboxylic acids is 2. The van der Waals surface area contributed by atoms with Gasteiger partial charge in [0.15, 0.2) is 0 Å². The summed E-state index contributed by atoms with van der Waals surface area (Å²) in [4.78, 5) is 29.2. The van der Waals surface area contributed by atoms with E-state index in [1.807, 2.05) is 43.0 Å². The van der Waals surface area contributed by atoms with Crippen molar-refractivity contribution in [3.63, 3.8) is 0 Å². The maximum atomic E-state index is 13.4. The third-order valence-electron chi connectivity index (χ3n) is 5.99. The number of hydrogen-bond acceptors (Lipinski definition) is 5. The first-order valence-corrected chi connectivity index (χ1v) is 12.9. The minimum atomic E-state index is -3.47. The van der Waals surface area contributed by atoms with Gasteiger partial charge in [0.2, 0.25) is 21.8 Å². The minimum absolute atomic E-state index is 0.0297. The SMILES string of the molecule is CCCN(CC(=O)N(Cc1ccccc1C)C1CCN(C(=O)COC)CC1)S(=O)(=O)CC. The predicted molar refractivity (Wildman–Crippen MR) is 125 cm³/mol. The Bertz CT molecular complexity index is 866. The molecule has 2 rings (SSSR count). The van der Waals surface area contributed by atoms with Gasteiger partial charge < -0.3 is 14.5 Å². The number of sulfonamides is 1. The van der Waals surface area contributed by atoms with Gasteiger partial charge in [-0.3, -0.25) is 9.59 Å². The largest absolute Gasteiger partial charge is 0.375 e. The maximum absolute atomic E-state index is 13.4. The number of likely N-dealkylation sites (tertiary alicyclic amines) is 1. The lowest BCUT2D eigenvalue weighted by Crippen LogP contribution is -2.51. The van der Waals surface area contributed by atoms with Crippen LogP contribution >= 0.6 is 0 Å². The summed E-state index contributed by atoms with van der Waals surface area (Å²) in [6.07, 6.45) is 1.95. The quantitative estimate of drug-likeness (QED) is 0.497. The molecule has 1 fully saturated rings. The highest BCUT2D eigenvalue weighted by Gasteiger charge is 2.32. The lowest BCUT2D eigenvalue weighted by atomic mass is 10.0. The second-order valence-corrected chi connectivity index (χ2v) is 10.5. The van der Waals surface area contributed by atoms with Gasteiger partial charge in [0.25, 0.3) is 0 Å². The van der Waals surface area contributed by atoms with Crippen LogP contribution < -0.4 is 0 Å². The second kappa shape index (κ2) is 12.3. The number of benzene rings is 1. The number of rotatable bonds is 11. The van der Waals surface area contributed by atoms with Crippen LogP contribution in [0.25, 0.3) is 0 Å². The summed E-state index contributed by atoms with van der Waals surface area (Å²) in [6, 6.07) is 7.86. The van der Waals surface area contributed by atoms with E-state index in [9.17, 15) is 18.0 Å². The second-order valence-electron chi connectivity index (χ2n) is 8.23. The third kappa shape index (κ3) is 7.02. The van der Waals surface area contributed by atoms with Crippen molar-refractivity contribution < 1.29 is 22.7 Å². The molecular formula is C23H37N3O5S. The molecule has 1 aromatic carbocycles. The molecule has 180 valence electrons. The van der Waals surface area contributed by atoms with E-state index in [-0.39, 0.29) is 36.8 Å². The third-order valence-corrected chi connectivity index (χ3v) is 7.82. The zero-order chi connectivity index (χ0) is 23.7. The highest BCUT2D eigenvalue weighted by Crippen LogP contribution is 2.22. The average molecular weight is 468 g/mol. The minimum Gasteiger partial charge on any atom is -0.375 e. The molecule has 0 atom stereocenters. The highest BCUT2D eigenvalue weighted by atomic mass is 32.2. The van der Waals surface area contributed by atoms with E-state index < -0.39 is 10.0 Å². The molecule has 0 spiro atoms. The Morgan fingerprint density at radius 2 is 1.81 bits per heavy atom. The molecule has 1 saturated heterocycles. The summed E-state index contributed by atoms with van der Waals surface area (Å²) in [5, 5.41) is 0. The van der Waals surface area contributed by atoms with Crippen LogP contribution in [0.1, 0.15) is 44.2 Å². The number of methoxy groups -OCH3 is 1. The monoisotopic (exact) mass is 467 g/mol. The van der Waals surface area contributed by atoms with Gasteiger partial charge in [0.1, 0.15) is 6.61 Å².